The minimum absolute atomic E-state index is 0.214. The average molecular weight is 587 g/mol. The molecular weight excluding hydrogens is 582 g/mol. The van der Waals surface area contributed by atoms with E-state index in [9.17, 15) is 9.59 Å². The molecular formula is C10H5ClI3NO2. The summed E-state index contributed by atoms with van der Waals surface area (Å²) in [7, 11) is 0. The lowest BCUT2D eigenvalue weighted by molar-refractivity contribution is -0.115. The van der Waals surface area contributed by atoms with E-state index in [1.54, 1.807) is 6.07 Å². The highest BCUT2D eigenvalue weighted by Crippen LogP contribution is 2.22. The van der Waals surface area contributed by atoms with Gasteiger partial charge in [-0.15, -0.1) is 0 Å². The van der Waals surface area contributed by atoms with E-state index in [0.717, 1.165) is 10.7 Å². The van der Waals surface area contributed by atoms with E-state index in [0.29, 0.717) is 5.56 Å². The number of carbonyl (C=O) groups excluding carboxylic acids is 2. The lowest BCUT2D eigenvalue weighted by atomic mass is 10.2. The molecule has 0 atom stereocenters. The van der Waals surface area contributed by atoms with Gasteiger partial charge in [-0.25, -0.2) is 0 Å². The van der Waals surface area contributed by atoms with Gasteiger partial charge >= 0.3 is 0 Å². The van der Waals surface area contributed by atoms with Crippen molar-refractivity contribution in [2.75, 3.05) is 0 Å². The fraction of sp³-hybridized carbons (Fsp3) is 0. The molecule has 0 saturated heterocycles. The summed E-state index contributed by atoms with van der Waals surface area (Å²) in [4.78, 5) is 23.1. The Morgan fingerprint density at radius 3 is 2.35 bits per heavy atom. The van der Waals surface area contributed by atoms with Crippen LogP contribution in [0.15, 0.2) is 23.7 Å². The number of halogens is 4. The highest BCUT2D eigenvalue weighted by Gasteiger charge is 2.16. The molecule has 0 fully saturated rings. The highest BCUT2D eigenvalue weighted by atomic mass is 127. The van der Waals surface area contributed by atoms with Crippen LogP contribution in [0.1, 0.15) is 10.4 Å². The molecule has 0 spiro atoms. The summed E-state index contributed by atoms with van der Waals surface area (Å²) in [6, 6.07) is 3.66. The molecule has 0 aromatic heterocycles. The Kier molecular flexibility index (Phi) is 6.13. The lowest BCUT2D eigenvalue weighted by Crippen LogP contribution is -2.31. The monoisotopic (exact) mass is 587 g/mol. The summed E-state index contributed by atoms with van der Waals surface area (Å²) in [5.41, 5.74) is 0.452. The van der Waals surface area contributed by atoms with Crippen molar-refractivity contribution in [1.29, 1.82) is 0 Å². The molecule has 0 saturated carbocycles. The van der Waals surface area contributed by atoms with E-state index in [1.807, 2.05) is 6.07 Å². The van der Waals surface area contributed by atoms with Crippen LogP contribution in [0, 0.1) is 10.7 Å². The number of carbonyl (C=O) groups is 2. The van der Waals surface area contributed by atoms with Gasteiger partial charge in [0.15, 0.2) is 0 Å². The molecule has 2 amide bonds. The van der Waals surface area contributed by atoms with Gasteiger partial charge in [0.25, 0.3) is 11.8 Å². The van der Waals surface area contributed by atoms with Crippen LogP contribution < -0.4 is 5.32 Å². The third kappa shape index (κ3) is 4.31. The molecule has 7 heteroatoms. The van der Waals surface area contributed by atoms with E-state index in [4.69, 9.17) is 11.6 Å². The largest absolute Gasteiger partial charge is 0.287 e. The maximum atomic E-state index is 11.8. The van der Waals surface area contributed by atoms with Gasteiger partial charge in [0.1, 0.15) is 0 Å². The Morgan fingerprint density at radius 2 is 1.82 bits per heavy atom. The summed E-state index contributed by atoms with van der Waals surface area (Å²) < 4.78 is 2.68. The second kappa shape index (κ2) is 6.66. The Labute approximate surface area is 144 Å². The molecule has 1 aromatic rings. The number of nitrogens with one attached hydrogen (secondary N) is 1. The number of imide groups is 1. The SMILES string of the molecule is C=C(Cl)C(=O)NC(=O)c1cc(I)cc(I)c1I. The van der Waals surface area contributed by atoms with Gasteiger partial charge < -0.3 is 0 Å². The molecule has 0 aliphatic heterocycles. The average Bonchev–Trinajstić information content (AvgIpc) is 2.22. The predicted octanol–water partition coefficient (Wildman–Crippen LogP) is 3.51. The number of amides is 2. The zero-order valence-corrected chi connectivity index (χ0v) is 15.4. The van der Waals surface area contributed by atoms with Gasteiger partial charge in [0, 0.05) is 10.7 Å². The first-order chi connectivity index (χ1) is 7.82. The van der Waals surface area contributed by atoms with Crippen LogP contribution in [-0.2, 0) is 4.79 Å². The topological polar surface area (TPSA) is 46.2 Å². The van der Waals surface area contributed by atoms with Gasteiger partial charge in [-0.3, -0.25) is 14.9 Å². The van der Waals surface area contributed by atoms with Crippen LogP contribution in [0.4, 0.5) is 0 Å². The minimum atomic E-state index is -0.679. The molecule has 0 bridgehead atoms. The molecule has 1 aromatic carbocycles. The molecule has 0 heterocycles. The Balaban J connectivity index is 3.05. The van der Waals surface area contributed by atoms with Crippen molar-refractivity contribution in [2.24, 2.45) is 0 Å². The number of hydrogen-bond acceptors (Lipinski definition) is 2. The van der Waals surface area contributed by atoms with Crippen molar-refractivity contribution in [3.8, 4) is 0 Å². The number of rotatable bonds is 2. The van der Waals surface area contributed by atoms with Gasteiger partial charge in [-0.2, -0.15) is 0 Å². The van der Waals surface area contributed by atoms with Crippen LogP contribution in [0.25, 0.3) is 0 Å². The fourth-order valence-corrected chi connectivity index (χ4v) is 3.41. The van der Waals surface area contributed by atoms with Gasteiger partial charge in [0.2, 0.25) is 0 Å². The smallest absolute Gasteiger partial charge is 0.268 e. The molecule has 17 heavy (non-hydrogen) atoms. The van der Waals surface area contributed by atoms with Crippen molar-refractivity contribution >= 4 is 91.2 Å². The summed E-state index contributed by atoms with van der Waals surface area (Å²) in [5.74, 6) is -1.15. The zero-order chi connectivity index (χ0) is 13.2. The maximum absolute atomic E-state index is 11.8. The number of hydrogen-bond donors (Lipinski definition) is 1. The Morgan fingerprint density at radius 1 is 1.24 bits per heavy atom. The van der Waals surface area contributed by atoms with Crippen molar-refractivity contribution in [2.45, 2.75) is 0 Å². The lowest BCUT2D eigenvalue weighted by Gasteiger charge is -2.07. The van der Waals surface area contributed by atoms with Crippen LogP contribution >= 0.6 is 79.4 Å². The minimum Gasteiger partial charge on any atom is -0.287 e. The Bertz CT molecular complexity index is 517. The predicted molar refractivity (Wildman–Crippen MR) is 92.1 cm³/mol. The first-order valence-corrected chi connectivity index (χ1v) is 7.79. The van der Waals surface area contributed by atoms with Gasteiger partial charge in [0.05, 0.1) is 10.6 Å². The summed E-state index contributed by atoms with van der Waals surface area (Å²) in [6.07, 6.45) is 0. The molecule has 0 aliphatic carbocycles. The number of benzene rings is 1. The van der Waals surface area contributed by atoms with E-state index in [2.05, 4.69) is 79.7 Å². The van der Waals surface area contributed by atoms with Crippen molar-refractivity contribution < 1.29 is 9.59 Å². The van der Waals surface area contributed by atoms with Gasteiger partial charge in [-0.1, -0.05) is 18.2 Å². The summed E-state index contributed by atoms with van der Waals surface area (Å²) in [5, 5.41) is 1.96. The van der Waals surface area contributed by atoms with E-state index in [1.165, 1.54) is 0 Å². The van der Waals surface area contributed by atoms with Gasteiger partial charge in [-0.05, 0) is 79.9 Å². The second-order valence-electron chi connectivity index (χ2n) is 2.94. The highest BCUT2D eigenvalue weighted by molar-refractivity contribution is 14.1. The molecule has 1 N–H and O–H groups in total. The van der Waals surface area contributed by atoms with Crippen molar-refractivity contribution in [1.82, 2.24) is 5.32 Å². The first-order valence-electron chi connectivity index (χ1n) is 4.17. The quantitative estimate of drug-likeness (QED) is 0.328. The fourth-order valence-electron chi connectivity index (χ4n) is 0.959. The molecule has 0 radical (unpaired) electrons. The molecule has 0 unspecified atom stereocenters. The second-order valence-corrected chi connectivity index (χ2v) is 6.88. The van der Waals surface area contributed by atoms with E-state index >= 15 is 0 Å². The van der Waals surface area contributed by atoms with E-state index < -0.39 is 11.8 Å². The zero-order valence-electron chi connectivity index (χ0n) is 8.19. The molecule has 90 valence electrons. The summed E-state index contributed by atoms with van der Waals surface area (Å²) >= 11 is 11.7. The van der Waals surface area contributed by atoms with E-state index in [-0.39, 0.29) is 5.03 Å². The third-order valence-electron chi connectivity index (χ3n) is 1.71. The van der Waals surface area contributed by atoms with Crippen molar-refractivity contribution in [3.63, 3.8) is 0 Å². The van der Waals surface area contributed by atoms with Crippen LogP contribution in [0.5, 0.6) is 0 Å². The third-order valence-corrected chi connectivity index (χ3v) is 5.55. The van der Waals surface area contributed by atoms with Crippen molar-refractivity contribution in [3.05, 3.63) is 40.0 Å². The summed E-state index contributed by atoms with van der Waals surface area (Å²) in [6.45, 7) is 3.26. The Hall–Kier alpha value is 0.580. The molecule has 1 rings (SSSR count). The van der Waals surface area contributed by atoms with Crippen LogP contribution in [0.3, 0.4) is 0 Å². The normalized spacial score (nSPS) is 9.88. The molecule has 0 aliphatic rings. The first kappa shape index (κ1) is 15.6. The van der Waals surface area contributed by atoms with Crippen LogP contribution in [-0.4, -0.2) is 11.8 Å². The maximum Gasteiger partial charge on any atom is 0.268 e. The standard InChI is InChI=1S/C10H5ClI3NO2/c1-4(11)9(16)15-10(17)6-2-5(12)3-7(13)8(6)14/h2-3H,1H2,(H,15,16,17). The molecule has 3 nitrogen and oxygen atoms in total. The van der Waals surface area contributed by atoms with Crippen LogP contribution in [0.2, 0.25) is 0 Å².